The first-order valence-corrected chi connectivity index (χ1v) is 6.24. The molecular formula is C10H15IN2O. The fourth-order valence-corrected chi connectivity index (χ4v) is 3.07. The average molecular weight is 306 g/mol. The van der Waals surface area contributed by atoms with Gasteiger partial charge in [0.05, 0.1) is 18.5 Å². The van der Waals surface area contributed by atoms with E-state index in [1.807, 2.05) is 10.8 Å². The molecule has 1 heterocycles. The van der Waals surface area contributed by atoms with Gasteiger partial charge in [-0.15, -0.1) is 0 Å². The van der Waals surface area contributed by atoms with Gasteiger partial charge < -0.3 is 9.67 Å². The summed E-state index contributed by atoms with van der Waals surface area (Å²) in [5.41, 5.74) is 0. The largest absolute Gasteiger partial charge is 0.391 e. The van der Waals surface area contributed by atoms with Crippen molar-refractivity contribution in [2.24, 2.45) is 5.92 Å². The summed E-state index contributed by atoms with van der Waals surface area (Å²) in [5, 5.41) is 10.1. The summed E-state index contributed by atoms with van der Waals surface area (Å²) in [7, 11) is 0. The van der Waals surface area contributed by atoms with Gasteiger partial charge in [-0.2, -0.15) is 0 Å². The molecule has 0 amide bonds. The standard InChI is InChI=1S/C10H15IN2O/c1-7(11)8-2-3-9(10(8)14)13-5-4-12-6-13/h4-10,14H,2-3H2,1H3/t7-,8?,9?,10+/m0/s1. The normalized spacial score (nSPS) is 34.6. The summed E-state index contributed by atoms with van der Waals surface area (Å²) in [4.78, 5) is 4.02. The van der Waals surface area contributed by atoms with Crippen LogP contribution < -0.4 is 0 Å². The van der Waals surface area contributed by atoms with E-state index in [2.05, 4.69) is 34.5 Å². The number of imidazole rings is 1. The van der Waals surface area contributed by atoms with E-state index in [0.29, 0.717) is 9.84 Å². The van der Waals surface area contributed by atoms with E-state index in [0.717, 1.165) is 12.8 Å². The summed E-state index contributed by atoms with van der Waals surface area (Å²) in [5.74, 6) is 0.433. The highest BCUT2D eigenvalue weighted by molar-refractivity contribution is 14.1. The fourth-order valence-electron chi connectivity index (χ4n) is 2.28. The van der Waals surface area contributed by atoms with Crippen LogP contribution in [-0.4, -0.2) is 24.7 Å². The Bertz CT molecular complexity index is 286. The molecule has 1 saturated carbocycles. The van der Waals surface area contributed by atoms with Crippen LogP contribution in [0, 0.1) is 5.92 Å². The van der Waals surface area contributed by atoms with Crippen LogP contribution in [0.5, 0.6) is 0 Å². The molecule has 3 nitrogen and oxygen atoms in total. The minimum Gasteiger partial charge on any atom is -0.391 e. The summed E-state index contributed by atoms with van der Waals surface area (Å²) >= 11 is 2.40. The Kier molecular flexibility index (Phi) is 3.11. The van der Waals surface area contributed by atoms with Crippen molar-refractivity contribution in [1.82, 2.24) is 9.55 Å². The quantitative estimate of drug-likeness (QED) is 0.670. The van der Waals surface area contributed by atoms with Crippen LogP contribution in [0.1, 0.15) is 25.8 Å². The zero-order valence-electron chi connectivity index (χ0n) is 8.18. The molecule has 0 aromatic carbocycles. The Morgan fingerprint density at radius 1 is 1.57 bits per heavy atom. The third-order valence-corrected chi connectivity index (χ3v) is 4.05. The van der Waals surface area contributed by atoms with Crippen LogP contribution in [-0.2, 0) is 0 Å². The lowest BCUT2D eigenvalue weighted by Crippen LogP contribution is -2.27. The maximum Gasteiger partial charge on any atom is 0.0949 e. The van der Waals surface area contributed by atoms with Crippen molar-refractivity contribution in [3.05, 3.63) is 18.7 Å². The molecule has 4 atom stereocenters. The zero-order chi connectivity index (χ0) is 10.1. The van der Waals surface area contributed by atoms with Crippen LogP contribution in [0.15, 0.2) is 18.7 Å². The molecule has 0 spiro atoms. The van der Waals surface area contributed by atoms with Gasteiger partial charge in [-0.1, -0.05) is 29.5 Å². The molecule has 1 aromatic rings. The molecule has 1 aliphatic rings. The SMILES string of the molecule is C[C@H](I)C1CCC(n2ccnc2)[C@@H]1O. The van der Waals surface area contributed by atoms with Gasteiger partial charge in [0.1, 0.15) is 0 Å². The maximum atomic E-state index is 10.1. The molecule has 0 bridgehead atoms. The minimum atomic E-state index is -0.212. The third kappa shape index (κ3) is 1.82. The average Bonchev–Trinajstić information content (AvgIpc) is 2.71. The highest BCUT2D eigenvalue weighted by atomic mass is 127. The van der Waals surface area contributed by atoms with E-state index in [-0.39, 0.29) is 12.1 Å². The number of hydrogen-bond donors (Lipinski definition) is 1. The number of aromatic nitrogens is 2. The molecule has 1 fully saturated rings. The van der Waals surface area contributed by atoms with E-state index in [9.17, 15) is 5.11 Å². The van der Waals surface area contributed by atoms with Gasteiger partial charge in [0, 0.05) is 16.3 Å². The van der Waals surface area contributed by atoms with Crippen molar-refractivity contribution in [3.63, 3.8) is 0 Å². The molecular weight excluding hydrogens is 291 g/mol. The number of rotatable bonds is 2. The maximum absolute atomic E-state index is 10.1. The van der Waals surface area contributed by atoms with Crippen LogP contribution in [0.4, 0.5) is 0 Å². The molecule has 0 radical (unpaired) electrons. The van der Waals surface area contributed by atoms with E-state index in [1.165, 1.54) is 0 Å². The topological polar surface area (TPSA) is 38.0 Å². The number of aliphatic hydroxyl groups is 1. The first-order valence-electron chi connectivity index (χ1n) is 4.99. The molecule has 2 unspecified atom stereocenters. The number of aliphatic hydroxyl groups excluding tert-OH is 1. The van der Waals surface area contributed by atoms with Gasteiger partial charge in [0.2, 0.25) is 0 Å². The van der Waals surface area contributed by atoms with Crippen LogP contribution >= 0.6 is 22.6 Å². The fraction of sp³-hybridized carbons (Fsp3) is 0.700. The molecule has 0 saturated heterocycles. The van der Waals surface area contributed by atoms with E-state index in [1.54, 1.807) is 12.5 Å². The van der Waals surface area contributed by atoms with Crippen LogP contribution in [0.25, 0.3) is 0 Å². The summed E-state index contributed by atoms with van der Waals surface area (Å²) in [6, 6.07) is 0.236. The number of nitrogens with zero attached hydrogens (tertiary/aromatic N) is 2. The van der Waals surface area contributed by atoms with E-state index in [4.69, 9.17) is 0 Å². The lowest BCUT2D eigenvalue weighted by atomic mass is 10.0. The molecule has 1 aromatic heterocycles. The van der Waals surface area contributed by atoms with Gasteiger partial charge in [-0.05, 0) is 18.8 Å². The van der Waals surface area contributed by atoms with Crippen molar-refractivity contribution in [3.8, 4) is 0 Å². The van der Waals surface area contributed by atoms with Gasteiger partial charge in [-0.3, -0.25) is 0 Å². The smallest absolute Gasteiger partial charge is 0.0949 e. The van der Waals surface area contributed by atoms with Gasteiger partial charge in [0.25, 0.3) is 0 Å². The lowest BCUT2D eigenvalue weighted by Gasteiger charge is -2.22. The van der Waals surface area contributed by atoms with E-state index < -0.39 is 0 Å². The lowest BCUT2D eigenvalue weighted by molar-refractivity contribution is 0.0968. The Morgan fingerprint density at radius 2 is 2.36 bits per heavy atom. The molecule has 14 heavy (non-hydrogen) atoms. The van der Waals surface area contributed by atoms with Gasteiger partial charge in [-0.25, -0.2) is 4.98 Å². The summed E-state index contributed by atoms with van der Waals surface area (Å²) < 4.78 is 2.57. The Labute approximate surface area is 97.7 Å². The van der Waals surface area contributed by atoms with Crippen molar-refractivity contribution in [2.75, 3.05) is 0 Å². The van der Waals surface area contributed by atoms with Crippen molar-refractivity contribution < 1.29 is 5.11 Å². The predicted molar refractivity (Wildman–Crippen MR) is 63.5 cm³/mol. The second-order valence-electron chi connectivity index (χ2n) is 3.99. The van der Waals surface area contributed by atoms with Gasteiger partial charge >= 0.3 is 0 Å². The monoisotopic (exact) mass is 306 g/mol. The molecule has 78 valence electrons. The summed E-state index contributed by atoms with van der Waals surface area (Å²) in [6.45, 7) is 2.17. The van der Waals surface area contributed by atoms with Crippen molar-refractivity contribution in [2.45, 2.75) is 35.8 Å². The Balaban J connectivity index is 2.11. The van der Waals surface area contributed by atoms with Crippen molar-refractivity contribution in [1.29, 1.82) is 0 Å². The Hall–Kier alpha value is -0.100. The van der Waals surface area contributed by atoms with Crippen LogP contribution in [0.2, 0.25) is 0 Å². The Morgan fingerprint density at radius 3 is 2.86 bits per heavy atom. The second-order valence-corrected chi connectivity index (χ2v) is 5.95. The number of alkyl halides is 1. The number of hydrogen-bond acceptors (Lipinski definition) is 2. The molecule has 0 aliphatic heterocycles. The highest BCUT2D eigenvalue weighted by Crippen LogP contribution is 2.38. The minimum absolute atomic E-state index is 0.212. The van der Waals surface area contributed by atoms with Gasteiger partial charge in [0.15, 0.2) is 0 Å². The van der Waals surface area contributed by atoms with E-state index >= 15 is 0 Å². The molecule has 4 heteroatoms. The summed E-state index contributed by atoms with van der Waals surface area (Å²) in [6.07, 6.45) is 7.48. The second kappa shape index (κ2) is 4.18. The number of halogens is 1. The molecule has 2 rings (SSSR count). The first-order chi connectivity index (χ1) is 6.70. The molecule has 1 aliphatic carbocycles. The predicted octanol–water partition coefficient (Wildman–Crippen LogP) is 2.02. The highest BCUT2D eigenvalue weighted by Gasteiger charge is 2.37. The first kappa shape index (κ1) is 10.4. The van der Waals surface area contributed by atoms with Crippen LogP contribution in [0.3, 0.4) is 0 Å². The van der Waals surface area contributed by atoms with Crippen molar-refractivity contribution >= 4 is 22.6 Å². The zero-order valence-corrected chi connectivity index (χ0v) is 10.3. The third-order valence-electron chi connectivity index (χ3n) is 3.13. The molecule has 1 N–H and O–H groups in total.